The second-order valence-electron chi connectivity index (χ2n) is 10.2. The lowest BCUT2D eigenvalue weighted by Gasteiger charge is -2.22. The quantitative estimate of drug-likeness (QED) is 0.112. The van der Waals surface area contributed by atoms with Crippen LogP contribution in [0.25, 0.3) is 0 Å². The Balaban J connectivity index is 1.76. The van der Waals surface area contributed by atoms with Crippen molar-refractivity contribution in [2.75, 3.05) is 11.5 Å². The number of fused-ring (bicyclic) bond motifs is 1. The van der Waals surface area contributed by atoms with E-state index >= 15 is 0 Å². The second-order valence-corrected chi connectivity index (χ2v) is 11.3. The molecule has 0 aliphatic carbocycles. The lowest BCUT2D eigenvalue weighted by molar-refractivity contribution is -0.142. The highest BCUT2D eigenvalue weighted by molar-refractivity contribution is 7.99. The monoisotopic (exact) mass is 568 g/mol. The highest BCUT2D eigenvalue weighted by atomic mass is 32.2. The van der Waals surface area contributed by atoms with Crippen molar-refractivity contribution in [2.24, 2.45) is 0 Å². The molecule has 2 rings (SSSR count). The number of carboxylic acid groups (broad SMARTS) is 1. The van der Waals surface area contributed by atoms with Crippen molar-refractivity contribution in [2.45, 2.75) is 78.3 Å². The van der Waals surface area contributed by atoms with Crippen LogP contribution in [0.5, 0.6) is 0 Å². The zero-order chi connectivity index (χ0) is 29.7. The number of nitrogens with one attached hydrogen (secondary N) is 1. The van der Waals surface area contributed by atoms with E-state index in [-0.39, 0.29) is 24.0 Å². The first-order valence-electron chi connectivity index (χ1n) is 13.5. The van der Waals surface area contributed by atoms with Crippen molar-refractivity contribution >= 4 is 41.7 Å². The molecule has 1 aliphatic rings. The summed E-state index contributed by atoms with van der Waals surface area (Å²) in [6.45, 7) is 8.46. The Morgan fingerprint density at radius 3 is 2.05 bits per heavy atom. The number of aldehydes is 1. The number of aliphatic carboxylic acids is 1. The van der Waals surface area contributed by atoms with E-state index in [4.69, 9.17) is 0 Å². The molecule has 1 heterocycles. The van der Waals surface area contributed by atoms with Crippen LogP contribution in [0.2, 0.25) is 0 Å². The molecule has 9 heteroatoms. The van der Waals surface area contributed by atoms with Gasteiger partial charge in [0.25, 0.3) is 11.8 Å². The number of rotatable bonds is 17. The van der Waals surface area contributed by atoms with Gasteiger partial charge in [-0.1, -0.05) is 47.1 Å². The van der Waals surface area contributed by atoms with Crippen LogP contribution in [-0.2, 0) is 14.4 Å². The van der Waals surface area contributed by atoms with E-state index in [0.29, 0.717) is 22.7 Å². The Kier molecular flexibility index (Phi) is 13.6. The van der Waals surface area contributed by atoms with Crippen LogP contribution in [0.3, 0.4) is 0 Å². The van der Waals surface area contributed by atoms with E-state index in [2.05, 4.69) is 51.2 Å². The number of carboxylic acids is 1. The molecule has 0 saturated heterocycles. The van der Waals surface area contributed by atoms with Crippen molar-refractivity contribution in [3.63, 3.8) is 0 Å². The molecule has 40 heavy (non-hydrogen) atoms. The summed E-state index contributed by atoms with van der Waals surface area (Å²) in [5.41, 5.74) is 4.29. The van der Waals surface area contributed by atoms with Gasteiger partial charge in [-0.05, 0) is 71.9 Å². The molecule has 216 valence electrons. The summed E-state index contributed by atoms with van der Waals surface area (Å²) in [7, 11) is 0. The lowest BCUT2D eigenvalue weighted by Crippen LogP contribution is -2.46. The molecule has 1 aromatic rings. The number of thioether (sulfide) groups is 1. The third-order valence-corrected chi connectivity index (χ3v) is 7.54. The number of hydrogen-bond donors (Lipinski definition) is 2. The zero-order valence-electron chi connectivity index (χ0n) is 23.8. The van der Waals surface area contributed by atoms with Gasteiger partial charge in [0.2, 0.25) is 5.91 Å². The molecule has 3 amide bonds. The summed E-state index contributed by atoms with van der Waals surface area (Å²) in [5.74, 6) is -2.19. The van der Waals surface area contributed by atoms with Gasteiger partial charge in [-0.2, -0.15) is 11.8 Å². The van der Waals surface area contributed by atoms with Crippen LogP contribution in [0, 0.1) is 0 Å². The van der Waals surface area contributed by atoms with Crippen LogP contribution < -0.4 is 5.32 Å². The largest absolute Gasteiger partial charge is 0.480 e. The highest BCUT2D eigenvalue weighted by Crippen LogP contribution is 2.26. The molecule has 2 N–H and O–H groups in total. The van der Waals surface area contributed by atoms with E-state index in [1.807, 2.05) is 0 Å². The molecule has 0 saturated carbocycles. The standard InChI is InChI=1S/C31H40N2O6S/c1-21(2)9-7-10-22(3)11-8-12-23(4)17-18-40-20-24(19-34)32-28(35)16-15-27(31(38)39)33-29(36)25-13-5-6-14-26(25)30(33)37/h5-6,9,11,13-14,17,19,24,27H,7-8,10,12,15-16,18,20H2,1-4H3,(H,32,35)(H,38,39)/b22-11+,23-17+. The number of allylic oxidation sites excluding steroid dienone is 5. The molecule has 2 unspecified atom stereocenters. The maximum Gasteiger partial charge on any atom is 0.326 e. The van der Waals surface area contributed by atoms with Crippen LogP contribution >= 0.6 is 11.8 Å². The van der Waals surface area contributed by atoms with Gasteiger partial charge < -0.3 is 15.2 Å². The molecule has 0 bridgehead atoms. The first-order chi connectivity index (χ1) is 19.0. The van der Waals surface area contributed by atoms with Gasteiger partial charge in [0.1, 0.15) is 12.3 Å². The molecule has 0 aromatic heterocycles. The summed E-state index contributed by atoms with van der Waals surface area (Å²) < 4.78 is 0. The van der Waals surface area contributed by atoms with Crippen LogP contribution in [-0.4, -0.2) is 63.6 Å². The Bertz CT molecular complexity index is 1150. The van der Waals surface area contributed by atoms with Gasteiger partial charge in [-0.15, -0.1) is 0 Å². The minimum Gasteiger partial charge on any atom is -0.480 e. The lowest BCUT2D eigenvalue weighted by atomic mass is 10.1. The van der Waals surface area contributed by atoms with E-state index in [9.17, 15) is 29.1 Å². The second kappa shape index (κ2) is 16.6. The molecule has 0 radical (unpaired) electrons. The molecule has 0 fully saturated rings. The van der Waals surface area contributed by atoms with Gasteiger partial charge in [-0.25, -0.2) is 4.79 Å². The molecular formula is C31H40N2O6S. The van der Waals surface area contributed by atoms with E-state index in [0.717, 1.165) is 25.7 Å². The first-order valence-corrected chi connectivity index (χ1v) is 14.7. The van der Waals surface area contributed by atoms with Crippen molar-refractivity contribution in [3.05, 3.63) is 70.3 Å². The number of benzene rings is 1. The summed E-state index contributed by atoms with van der Waals surface area (Å²) in [4.78, 5) is 61.8. The van der Waals surface area contributed by atoms with Crippen molar-refractivity contribution in [1.29, 1.82) is 0 Å². The smallest absolute Gasteiger partial charge is 0.326 e. The molecule has 1 aliphatic heterocycles. The van der Waals surface area contributed by atoms with E-state index in [1.165, 1.54) is 40.6 Å². The third-order valence-electron chi connectivity index (χ3n) is 6.55. The highest BCUT2D eigenvalue weighted by Gasteiger charge is 2.42. The topological polar surface area (TPSA) is 121 Å². The molecule has 8 nitrogen and oxygen atoms in total. The minimum absolute atomic E-state index is 0.146. The van der Waals surface area contributed by atoms with Gasteiger partial charge in [-0.3, -0.25) is 19.3 Å². The Morgan fingerprint density at radius 1 is 0.925 bits per heavy atom. The van der Waals surface area contributed by atoms with Gasteiger partial charge >= 0.3 is 5.97 Å². The maximum atomic E-state index is 12.6. The van der Waals surface area contributed by atoms with Gasteiger partial charge in [0.15, 0.2) is 0 Å². The zero-order valence-corrected chi connectivity index (χ0v) is 24.6. The summed E-state index contributed by atoms with van der Waals surface area (Å²) in [5, 5.41) is 12.3. The fraction of sp³-hybridized carbons (Fsp3) is 0.452. The summed E-state index contributed by atoms with van der Waals surface area (Å²) >= 11 is 1.52. The van der Waals surface area contributed by atoms with Crippen LogP contribution in [0.1, 0.15) is 86.9 Å². The summed E-state index contributed by atoms with van der Waals surface area (Å²) in [6.07, 6.45) is 10.9. The number of nitrogens with zero attached hydrogens (tertiary/aromatic N) is 1. The Morgan fingerprint density at radius 2 is 1.50 bits per heavy atom. The summed E-state index contributed by atoms with van der Waals surface area (Å²) in [6, 6.07) is 3.93. The number of carbonyl (C=O) groups is 5. The van der Waals surface area contributed by atoms with E-state index in [1.54, 1.807) is 12.1 Å². The third kappa shape index (κ3) is 10.3. The predicted molar refractivity (Wildman–Crippen MR) is 158 cm³/mol. The van der Waals surface area contributed by atoms with Gasteiger partial charge in [0.05, 0.1) is 17.2 Å². The average Bonchev–Trinajstić information content (AvgIpc) is 3.15. The van der Waals surface area contributed by atoms with E-state index < -0.39 is 35.8 Å². The molecule has 0 spiro atoms. The average molecular weight is 569 g/mol. The van der Waals surface area contributed by atoms with Crippen molar-refractivity contribution in [1.82, 2.24) is 10.2 Å². The number of imide groups is 1. The van der Waals surface area contributed by atoms with Crippen LogP contribution in [0.4, 0.5) is 0 Å². The molecule has 1 aromatic carbocycles. The molecular weight excluding hydrogens is 528 g/mol. The van der Waals surface area contributed by atoms with Gasteiger partial charge in [0, 0.05) is 17.9 Å². The Hall–Kier alpha value is -3.46. The molecule has 2 atom stereocenters. The predicted octanol–water partition coefficient (Wildman–Crippen LogP) is 5.35. The number of carbonyl (C=O) groups excluding carboxylic acids is 4. The Labute approximate surface area is 241 Å². The fourth-order valence-corrected chi connectivity index (χ4v) is 5.21. The van der Waals surface area contributed by atoms with Crippen molar-refractivity contribution in [3.8, 4) is 0 Å². The minimum atomic E-state index is -1.48. The fourth-order valence-electron chi connectivity index (χ4n) is 4.25. The number of amides is 3. The van der Waals surface area contributed by atoms with Crippen molar-refractivity contribution < 1.29 is 29.1 Å². The first kappa shape index (κ1) is 32.8. The number of hydrogen-bond acceptors (Lipinski definition) is 6. The maximum absolute atomic E-state index is 12.6. The van der Waals surface area contributed by atoms with Crippen LogP contribution in [0.15, 0.2) is 59.2 Å². The normalized spacial score (nSPS) is 14.9. The SMILES string of the molecule is CC(C)=CCC/C(C)=C/CC/C(C)=C/CSCC(C=O)NC(=O)CCC(C(=O)O)N1C(=O)c2ccccc2C1=O.